The number of ketones is 1. The van der Waals surface area contributed by atoms with Crippen LogP contribution in [0.5, 0.6) is 0 Å². The van der Waals surface area contributed by atoms with Gasteiger partial charge >= 0.3 is 0 Å². The van der Waals surface area contributed by atoms with Crippen LogP contribution in [-0.2, 0) is 4.79 Å². The molecule has 0 aromatic rings. The zero-order valence-corrected chi connectivity index (χ0v) is 8.59. The monoisotopic (exact) mass is 180 g/mol. The molecule has 0 aromatic heterocycles. The lowest BCUT2D eigenvalue weighted by Crippen LogP contribution is -2.13. The lowest BCUT2D eigenvalue weighted by atomic mass is 9.88. The molecule has 0 amide bonds. The molecule has 0 bridgehead atoms. The summed E-state index contributed by atoms with van der Waals surface area (Å²) in [5, 5.41) is 0. The molecule has 2 atom stereocenters. The average Bonchev–Trinajstić information content (AvgIpc) is 2.46. The fourth-order valence-corrected chi connectivity index (χ4v) is 2.29. The SMILES string of the molecule is C=CC[C@H]1C(=O)CC[C@@H]1CCCC. The van der Waals surface area contributed by atoms with Crippen molar-refractivity contribution in [2.24, 2.45) is 11.8 Å². The van der Waals surface area contributed by atoms with E-state index < -0.39 is 0 Å². The molecule has 1 rings (SSSR count). The third kappa shape index (κ3) is 2.68. The van der Waals surface area contributed by atoms with Crippen LogP contribution >= 0.6 is 0 Å². The van der Waals surface area contributed by atoms with Crippen LogP contribution in [0.1, 0.15) is 45.4 Å². The van der Waals surface area contributed by atoms with E-state index in [2.05, 4.69) is 13.5 Å². The zero-order chi connectivity index (χ0) is 9.68. The molecule has 0 radical (unpaired) electrons. The largest absolute Gasteiger partial charge is 0.299 e. The lowest BCUT2D eigenvalue weighted by molar-refractivity contribution is -0.121. The van der Waals surface area contributed by atoms with Crippen molar-refractivity contribution in [2.45, 2.75) is 45.4 Å². The lowest BCUT2D eigenvalue weighted by Gasteiger charge is -2.15. The Morgan fingerprint density at radius 3 is 3.00 bits per heavy atom. The van der Waals surface area contributed by atoms with E-state index >= 15 is 0 Å². The molecular weight excluding hydrogens is 160 g/mol. The van der Waals surface area contributed by atoms with E-state index in [1.165, 1.54) is 19.3 Å². The van der Waals surface area contributed by atoms with E-state index in [1.54, 1.807) is 0 Å². The maximum atomic E-state index is 11.5. The van der Waals surface area contributed by atoms with E-state index in [9.17, 15) is 4.79 Å². The van der Waals surface area contributed by atoms with Gasteiger partial charge in [-0.05, 0) is 25.2 Å². The van der Waals surface area contributed by atoms with E-state index in [0.29, 0.717) is 17.6 Å². The van der Waals surface area contributed by atoms with Gasteiger partial charge in [0.2, 0.25) is 0 Å². The van der Waals surface area contributed by atoms with Crippen molar-refractivity contribution in [3.05, 3.63) is 12.7 Å². The van der Waals surface area contributed by atoms with E-state index in [0.717, 1.165) is 19.3 Å². The van der Waals surface area contributed by atoms with Crippen LogP contribution in [0.15, 0.2) is 12.7 Å². The third-order valence-corrected chi connectivity index (χ3v) is 3.09. The summed E-state index contributed by atoms with van der Waals surface area (Å²) in [6.07, 6.45) is 8.47. The first kappa shape index (κ1) is 10.5. The minimum atomic E-state index is 0.309. The van der Waals surface area contributed by atoms with Crippen LogP contribution in [0, 0.1) is 11.8 Å². The highest BCUT2D eigenvalue weighted by Gasteiger charge is 2.32. The summed E-state index contributed by atoms with van der Waals surface area (Å²) in [7, 11) is 0. The highest BCUT2D eigenvalue weighted by Crippen LogP contribution is 2.34. The fraction of sp³-hybridized carbons (Fsp3) is 0.750. The molecule has 0 saturated heterocycles. The Kier molecular flexibility index (Phi) is 4.20. The first-order valence-electron chi connectivity index (χ1n) is 5.43. The normalized spacial score (nSPS) is 27.9. The van der Waals surface area contributed by atoms with E-state index in [4.69, 9.17) is 0 Å². The molecule has 13 heavy (non-hydrogen) atoms. The predicted octanol–water partition coefficient (Wildman–Crippen LogP) is 3.35. The molecule has 0 unspecified atom stereocenters. The van der Waals surface area contributed by atoms with E-state index in [-0.39, 0.29) is 0 Å². The Morgan fingerprint density at radius 1 is 1.62 bits per heavy atom. The second-order valence-electron chi connectivity index (χ2n) is 4.04. The number of carbonyl (C=O) groups excluding carboxylic acids is 1. The minimum absolute atomic E-state index is 0.309. The Balaban J connectivity index is 2.43. The van der Waals surface area contributed by atoms with Crippen LogP contribution in [0.4, 0.5) is 0 Å². The first-order valence-corrected chi connectivity index (χ1v) is 5.43. The number of hydrogen-bond donors (Lipinski definition) is 0. The Morgan fingerprint density at radius 2 is 2.38 bits per heavy atom. The summed E-state index contributed by atoms with van der Waals surface area (Å²) in [6, 6.07) is 0. The summed E-state index contributed by atoms with van der Waals surface area (Å²) >= 11 is 0. The summed E-state index contributed by atoms with van der Waals surface area (Å²) in [6.45, 7) is 5.93. The highest BCUT2D eigenvalue weighted by atomic mass is 16.1. The van der Waals surface area contributed by atoms with Gasteiger partial charge in [0.05, 0.1) is 0 Å². The molecule has 1 fully saturated rings. The zero-order valence-electron chi connectivity index (χ0n) is 8.59. The summed E-state index contributed by atoms with van der Waals surface area (Å²) in [4.78, 5) is 11.5. The fourth-order valence-electron chi connectivity index (χ4n) is 2.29. The van der Waals surface area contributed by atoms with Crippen molar-refractivity contribution in [1.29, 1.82) is 0 Å². The molecule has 0 aromatic carbocycles. The second-order valence-corrected chi connectivity index (χ2v) is 4.04. The summed E-state index contributed by atoms with van der Waals surface area (Å²) in [5.74, 6) is 1.44. The highest BCUT2D eigenvalue weighted by molar-refractivity contribution is 5.83. The van der Waals surface area contributed by atoms with Crippen molar-refractivity contribution in [3.63, 3.8) is 0 Å². The van der Waals surface area contributed by atoms with Gasteiger partial charge in [0.15, 0.2) is 0 Å². The molecule has 0 aliphatic heterocycles. The van der Waals surface area contributed by atoms with Crippen molar-refractivity contribution < 1.29 is 4.79 Å². The first-order chi connectivity index (χ1) is 6.29. The molecule has 1 heteroatoms. The number of allylic oxidation sites excluding steroid dienone is 1. The maximum absolute atomic E-state index is 11.5. The number of rotatable bonds is 5. The molecule has 1 aliphatic rings. The van der Waals surface area contributed by atoms with Gasteiger partial charge in [-0.25, -0.2) is 0 Å². The summed E-state index contributed by atoms with van der Waals surface area (Å²) in [5.41, 5.74) is 0. The van der Waals surface area contributed by atoms with Gasteiger partial charge in [0.25, 0.3) is 0 Å². The topological polar surface area (TPSA) is 17.1 Å². The number of Topliss-reactive ketones (excluding diaryl/α,β-unsaturated/α-hetero) is 1. The van der Waals surface area contributed by atoms with Crippen molar-refractivity contribution >= 4 is 5.78 Å². The molecule has 0 heterocycles. The number of hydrogen-bond acceptors (Lipinski definition) is 1. The summed E-state index contributed by atoms with van der Waals surface area (Å²) < 4.78 is 0. The molecular formula is C12H20O. The third-order valence-electron chi connectivity index (χ3n) is 3.09. The molecule has 0 N–H and O–H groups in total. The van der Waals surface area contributed by atoms with Crippen LogP contribution in [0.2, 0.25) is 0 Å². The van der Waals surface area contributed by atoms with Gasteiger partial charge in [-0.2, -0.15) is 0 Å². The van der Waals surface area contributed by atoms with Gasteiger partial charge in [0.1, 0.15) is 5.78 Å². The van der Waals surface area contributed by atoms with Crippen LogP contribution in [0.25, 0.3) is 0 Å². The van der Waals surface area contributed by atoms with E-state index in [1.807, 2.05) is 6.08 Å². The van der Waals surface area contributed by atoms with Gasteiger partial charge in [0, 0.05) is 12.3 Å². The Labute approximate surface area is 81.2 Å². The van der Waals surface area contributed by atoms with Crippen molar-refractivity contribution in [2.75, 3.05) is 0 Å². The Hall–Kier alpha value is -0.590. The molecule has 1 saturated carbocycles. The quantitative estimate of drug-likeness (QED) is 0.593. The number of carbonyl (C=O) groups is 1. The van der Waals surface area contributed by atoms with Crippen molar-refractivity contribution in [1.82, 2.24) is 0 Å². The van der Waals surface area contributed by atoms with Gasteiger partial charge < -0.3 is 0 Å². The Bertz CT molecular complexity index is 184. The predicted molar refractivity (Wildman–Crippen MR) is 55.6 cm³/mol. The molecule has 1 aliphatic carbocycles. The number of unbranched alkanes of at least 4 members (excludes halogenated alkanes) is 1. The smallest absolute Gasteiger partial charge is 0.136 e. The van der Waals surface area contributed by atoms with Crippen LogP contribution < -0.4 is 0 Å². The minimum Gasteiger partial charge on any atom is -0.299 e. The molecule has 74 valence electrons. The second kappa shape index (κ2) is 5.21. The van der Waals surface area contributed by atoms with Gasteiger partial charge in [-0.15, -0.1) is 6.58 Å². The van der Waals surface area contributed by atoms with Gasteiger partial charge in [-0.1, -0.05) is 25.8 Å². The van der Waals surface area contributed by atoms with Crippen LogP contribution in [0.3, 0.4) is 0 Å². The van der Waals surface area contributed by atoms with Crippen molar-refractivity contribution in [3.8, 4) is 0 Å². The maximum Gasteiger partial charge on any atom is 0.136 e. The standard InChI is InChI=1S/C12H20O/c1-3-5-7-10-8-9-12(13)11(10)6-4-2/h4,10-11H,2-3,5-9H2,1H3/t10-,11+/m0/s1. The molecule has 1 nitrogen and oxygen atoms in total. The van der Waals surface area contributed by atoms with Crippen LogP contribution in [-0.4, -0.2) is 5.78 Å². The molecule has 0 spiro atoms. The van der Waals surface area contributed by atoms with Gasteiger partial charge in [-0.3, -0.25) is 4.79 Å². The average molecular weight is 180 g/mol.